The second-order valence-electron chi connectivity index (χ2n) is 10.5. The molecule has 0 saturated heterocycles. The van der Waals surface area contributed by atoms with E-state index in [2.05, 4.69) is 21.8 Å². The summed E-state index contributed by atoms with van der Waals surface area (Å²) < 4.78 is 41.1. The van der Waals surface area contributed by atoms with Crippen LogP contribution in [0.5, 0.6) is 17.2 Å². The van der Waals surface area contributed by atoms with E-state index < -0.39 is 28.9 Å². The minimum atomic E-state index is -1.40. The van der Waals surface area contributed by atoms with Crippen LogP contribution in [0.3, 0.4) is 0 Å². The smallest absolute Gasteiger partial charge is 0.247 e. The van der Waals surface area contributed by atoms with Gasteiger partial charge in [0.25, 0.3) is 0 Å². The molecule has 5 aromatic rings. The average molecular weight is 596 g/mol. The maximum absolute atomic E-state index is 15.9. The lowest BCUT2D eigenvalue weighted by molar-refractivity contribution is -0.133. The monoisotopic (exact) mass is 595 g/mol. The molecule has 1 aliphatic rings. The number of fused-ring (bicyclic) bond motifs is 1. The SMILES string of the molecule is C=Cc1[nH]nc2ncc(Cc3ccc(OC)cc3)c(Oc3ccc(N(C(=O)C4(C(N)=O)CC4)c4ccc(F)cc4)cc3F)c12. The summed E-state index contributed by atoms with van der Waals surface area (Å²) in [6.45, 7) is 3.83. The van der Waals surface area contributed by atoms with E-state index in [-0.39, 0.29) is 30.0 Å². The molecule has 9 nitrogen and oxygen atoms in total. The number of carbonyl (C=O) groups is 2. The highest BCUT2D eigenvalue weighted by atomic mass is 19.1. The summed E-state index contributed by atoms with van der Waals surface area (Å²) >= 11 is 0. The van der Waals surface area contributed by atoms with E-state index in [1.165, 1.54) is 41.3 Å². The van der Waals surface area contributed by atoms with E-state index in [4.69, 9.17) is 15.2 Å². The Hall–Kier alpha value is -5.58. The fraction of sp³-hybridized carbons (Fsp3) is 0.152. The van der Waals surface area contributed by atoms with Crippen LogP contribution >= 0.6 is 0 Å². The Labute approximate surface area is 250 Å². The molecule has 0 radical (unpaired) electrons. The summed E-state index contributed by atoms with van der Waals surface area (Å²) in [6.07, 6.45) is 4.14. The number of nitrogens with one attached hydrogen (secondary N) is 1. The molecule has 44 heavy (non-hydrogen) atoms. The van der Waals surface area contributed by atoms with Crippen molar-refractivity contribution in [2.75, 3.05) is 12.0 Å². The number of hydrogen-bond donors (Lipinski definition) is 2. The van der Waals surface area contributed by atoms with E-state index in [1.54, 1.807) is 19.4 Å². The fourth-order valence-corrected chi connectivity index (χ4v) is 5.07. The first-order valence-electron chi connectivity index (χ1n) is 13.7. The summed E-state index contributed by atoms with van der Waals surface area (Å²) in [5.41, 5.74) is 7.05. The van der Waals surface area contributed by atoms with Crippen LogP contribution in [-0.4, -0.2) is 34.1 Å². The van der Waals surface area contributed by atoms with Gasteiger partial charge in [0.05, 0.1) is 23.9 Å². The minimum absolute atomic E-state index is 0.118. The molecule has 2 heterocycles. The molecule has 1 fully saturated rings. The van der Waals surface area contributed by atoms with Gasteiger partial charge in [0, 0.05) is 29.9 Å². The number of nitrogens with two attached hydrogens (primary N) is 1. The Morgan fingerprint density at radius 3 is 2.39 bits per heavy atom. The molecule has 3 N–H and O–H groups in total. The number of pyridine rings is 1. The number of methoxy groups -OCH3 is 1. The Balaban J connectivity index is 1.40. The molecule has 3 aromatic carbocycles. The number of aromatic amines is 1. The predicted molar refractivity (Wildman–Crippen MR) is 161 cm³/mol. The molecule has 1 saturated carbocycles. The van der Waals surface area contributed by atoms with Gasteiger partial charge in [0.1, 0.15) is 22.7 Å². The van der Waals surface area contributed by atoms with Crippen molar-refractivity contribution in [3.05, 3.63) is 108 Å². The van der Waals surface area contributed by atoms with Gasteiger partial charge in [-0.3, -0.25) is 19.6 Å². The summed E-state index contributed by atoms with van der Waals surface area (Å²) in [5, 5.41) is 7.61. The molecule has 0 bridgehead atoms. The molecule has 222 valence electrons. The van der Waals surface area contributed by atoms with Gasteiger partial charge in [-0.05, 0) is 73.0 Å². The summed E-state index contributed by atoms with van der Waals surface area (Å²) in [4.78, 5) is 31.5. The second-order valence-corrected chi connectivity index (χ2v) is 10.5. The van der Waals surface area contributed by atoms with Gasteiger partial charge < -0.3 is 15.2 Å². The lowest BCUT2D eigenvalue weighted by atomic mass is 10.0. The highest BCUT2D eigenvalue weighted by Crippen LogP contribution is 2.49. The van der Waals surface area contributed by atoms with Crippen LogP contribution in [0.2, 0.25) is 0 Å². The zero-order valence-corrected chi connectivity index (χ0v) is 23.6. The number of hydrogen-bond acceptors (Lipinski definition) is 6. The maximum Gasteiger partial charge on any atom is 0.247 e. The number of anilines is 2. The molecule has 0 aliphatic heterocycles. The van der Waals surface area contributed by atoms with Crippen molar-refractivity contribution in [3.63, 3.8) is 0 Å². The molecule has 0 atom stereocenters. The Bertz CT molecular complexity index is 1900. The normalized spacial score (nSPS) is 13.3. The average Bonchev–Trinajstić information content (AvgIpc) is 3.74. The maximum atomic E-state index is 15.9. The van der Waals surface area contributed by atoms with Crippen molar-refractivity contribution in [1.82, 2.24) is 15.2 Å². The number of carbonyl (C=O) groups excluding carboxylic acids is 2. The molecule has 0 spiro atoms. The van der Waals surface area contributed by atoms with Crippen molar-refractivity contribution in [2.45, 2.75) is 19.3 Å². The number of ether oxygens (including phenoxy) is 2. The highest BCUT2D eigenvalue weighted by Gasteiger charge is 2.57. The quantitative estimate of drug-likeness (QED) is 0.185. The number of aromatic nitrogens is 3. The van der Waals surface area contributed by atoms with Crippen molar-refractivity contribution in [3.8, 4) is 17.2 Å². The number of rotatable bonds is 10. The van der Waals surface area contributed by atoms with Gasteiger partial charge >= 0.3 is 0 Å². The molecule has 2 aromatic heterocycles. The fourth-order valence-electron chi connectivity index (χ4n) is 5.07. The van der Waals surface area contributed by atoms with E-state index in [0.29, 0.717) is 40.2 Å². The zero-order chi connectivity index (χ0) is 31.0. The number of benzene rings is 3. The van der Waals surface area contributed by atoms with Crippen LogP contribution in [-0.2, 0) is 16.0 Å². The standard InChI is InChI=1S/C33H27F2N5O4/c1-3-26-28-29(20(18-37-30(28)39-38-26)16-19-4-11-24(43-2)12-5-19)44-27-13-10-23(17-25(27)35)40(22-8-6-21(34)7-9-22)32(42)33(14-15-33)31(36)41/h3-13,17-18H,1,14-16H2,2H3,(H2,36,41)(H,37,38,39). The van der Waals surface area contributed by atoms with Crippen molar-refractivity contribution in [1.29, 1.82) is 0 Å². The van der Waals surface area contributed by atoms with E-state index in [1.807, 2.05) is 24.3 Å². The molecule has 0 unspecified atom stereocenters. The van der Waals surface area contributed by atoms with Crippen LogP contribution in [0.1, 0.15) is 29.7 Å². The Morgan fingerprint density at radius 1 is 1.07 bits per heavy atom. The number of nitrogens with zero attached hydrogens (tertiary/aromatic N) is 3. The van der Waals surface area contributed by atoms with Gasteiger partial charge in [-0.15, -0.1) is 0 Å². The highest BCUT2D eigenvalue weighted by molar-refractivity contribution is 6.16. The van der Waals surface area contributed by atoms with E-state index >= 15 is 4.39 Å². The number of amides is 2. The summed E-state index contributed by atoms with van der Waals surface area (Å²) in [6, 6.07) is 16.6. The van der Waals surface area contributed by atoms with Crippen LogP contribution < -0.4 is 20.1 Å². The lowest BCUT2D eigenvalue weighted by Gasteiger charge is -2.27. The Kier molecular flexibility index (Phi) is 7.30. The minimum Gasteiger partial charge on any atom is -0.497 e. The van der Waals surface area contributed by atoms with Gasteiger partial charge in [-0.2, -0.15) is 5.10 Å². The van der Waals surface area contributed by atoms with E-state index in [9.17, 15) is 14.0 Å². The molecule has 2 amide bonds. The largest absolute Gasteiger partial charge is 0.497 e. The van der Waals surface area contributed by atoms with Crippen LogP contribution in [0.25, 0.3) is 17.1 Å². The first kappa shape index (κ1) is 28.5. The third-order valence-corrected chi connectivity index (χ3v) is 7.70. The van der Waals surface area contributed by atoms with Gasteiger partial charge in [0.15, 0.2) is 17.2 Å². The van der Waals surface area contributed by atoms with Gasteiger partial charge in [-0.1, -0.05) is 18.7 Å². The molecular weight excluding hydrogens is 568 g/mol. The number of H-pyrrole nitrogens is 1. The third kappa shape index (κ3) is 5.13. The molecule has 11 heteroatoms. The Morgan fingerprint density at radius 2 is 1.77 bits per heavy atom. The van der Waals surface area contributed by atoms with Crippen LogP contribution in [0, 0.1) is 17.0 Å². The number of primary amides is 1. The molecule has 6 rings (SSSR count). The second kappa shape index (κ2) is 11.3. The van der Waals surface area contributed by atoms with Crippen molar-refractivity contribution < 1.29 is 27.8 Å². The van der Waals surface area contributed by atoms with Crippen LogP contribution in [0.4, 0.5) is 20.2 Å². The number of halogens is 2. The van der Waals surface area contributed by atoms with Gasteiger partial charge in [-0.25, -0.2) is 13.8 Å². The first-order valence-corrected chi connectivity index (χ1v) is 13.7. The molecule has 1 aliphatic carbocycles. The van der Waals surface area contributed by atoms with Gasteiger partial charge in [0.2, 0.25) is 11.8 Å². The summed E-state index contributed by atoms with van der Waals surface area (Å²) in [7, 11) is 1.59. The lowest BCUT2D eigenvalue weighted by Crippen LogP contribution is -2.41. The third-order valence-electron chi connectivity index (χ3n) is 7.70. The van der Waals surface area contributed by atoms with Crippen molar-refractivity contribution >= 4 is 40.3 Å². The molecular formula is C33H27F2N5O4. The topological polar surface area (TPSA) is 123 Å². The predicted octanol–water partition coefficient (Wildman–Crippen LogP) is 6.20. The first-order chi connectivity index (χ1) is 21.2. The van der Waals surface area contributed by atoms with E-state index in [0.717, 1.165) is 11.6 Å². The summed E-state index contributed by atoms with van der Waals surface area (Å²) in [5.74, 6) is -1.76. The van der Waals surface area contributed by atoms with Crippen LogP contribution in [0.15, 0.2) is 79.5 Å². The van der Waals surface area contributed by atoms with Crippen molar-refractivity contribution in [2.24, 2.45) is 11.1 Å². The zero-order valence-electron chi connectivity index (χ0n) is 23.6.